The Morgan fingerprint density at radius 1 is 1.25 bits per heavy atom. The number of carbonyl (C=O) groups is 1. The molecule has 2 rings (SSSR count). The number of nitrogens with one attached hydrogen (secondary N) is 1. The minimum atomic E-state index is -0.107. The molecule has 0 bridgehead atoms. The highest BCUT2D eigenvalue weighted by molar-refractivity contribution is 5.91. The van der Waals surface area contributed by atoms with Gasteiger partial charge in [-0.15, -0.1) is 0 Å². The van der Waals surface area contributed by atoms with Crippen LogP contribution in [0.3, 0.4) is 0 Å². The van der Waals surface area contributed by atoms with Crippen molar-refractivity contribution in [2.24, 2.45) is 0 Å². The average molecular weight is 267 g/mol. The third-order valence-electron chi connectivity index (χ3n) is 2.80. The maximum atomic E-state index is 11.6. The number of nitrogens with zero attached hydrogens (tertiary/aromatic N) is 1. The van der Waals surface area contributed by atoms with Crippen molar-refractivity contribution in [3.63, 3.8) is 0 Å². The highest BCUT2D eigenvalue weighted by Crippen LogP contribution is 2.05. The van der Waals surface area contributed by atoms with Gasteiger partial charge in [0, 0.05) is 30.7 Å². The first-order valence-corrected chi connectivity index (χ1v) is 6.44. The van der Waals surface area contributed by atoms with E-state index < -0.39 is 0 Å². The maximum absolute atomic E-state index is 11.6. The molecule has 0 aliphatic heterocycles. The molecular formula is C16H17N3O. The van der Waals surface area contributed by atoms with Crippen LogP contribution in [0, 0.1) is 0 Å². The van der Waals surface area contributed by atoms with Crippen molar-refractivity contribution < 1.29 is 4.79 Å². The third kappa shape index (κ3) is 4.57. The van der Waals surface area contributed by atoms with Crippen LogP contribution in [0.5, 0.6) is 0 Å². The van der Waals surface area contributed by atoms with Crippen LogP contribution in [0.4, 0.5) is 5.69 Å². The Labute approximate surface area is 118 Å². The van der Waals surface area contributed by atoms with Crippen molar-refractivity contribution in [2.45, 2.75) is 6.42 Å². The zero-order valence-corrected chi connectivity index (χ0v) is 11.1. The number of aromatic nitrogens is 1. The predicted octanol–water partition coefficient (Wildman–Crippen LogP) is 2.04. The Kier molecular flexibility index (Phi) is 4.89. The first-order valence-electron chi connectivity index (χ1n) is 6.44. The fourth-order valence-corrected chi connectivity index (χ4v) is 1.72. The summed E-state index contributed by atoms with van der Waals surface area (Å²) in [6, 6.07) is 11.4. The van der Waals surface area contributed by atoms with Crippen LogP contribution < -0.4 is 11.1 Å². The lowest BCUT2D eigenvalue weighted by molar-refractivity contribution is -0.116. The summed E-state index contributed by atoms with van der Waals surface area (Å²) in [4.78, 5) is 15.6. The summed E-state index contributed by atoms with van der Waals surface area (Å²) in [6.07, 6.45) is 7.44. The summed E-state index contributed by atoms with van der Waals surface area (Å²) in [5.74, 6) is -0.107. The molecule has 0 aliphatic rings. The molecule has 4 nitrogen and oxygen atoms in total. The molecule has 0 radical (unpaired) electrons. The number of amides is 1. The first kappa shape index (κ1) is 13.8. The van der Waals surface area contributed by atoms with Gasteiger partial charge in [-0.3, -0.25) is 9.78 Å². The fourth-order valence-electron chi connectivity index (χ4n) is 1.72. The average Bonchev–Trinajstić information content (AvgIpc) is 2.48. The van der Waals surface area contributed by atoms with Gasteiger partial charge >= 0.3 is 0 Å². The molecule has 0 fully saturated rings. The maximum Gasteiger partial charge on any atom is 0.244 e. The number of anilines is 1. The predicted molar refractivity (Wildman–Crippen MR) is 80.8 cm³/mol. The van der Waals surface area contributed by atoms with Crippen molar-refractivity contribution in [3.8, 4) is 0 Å². The van der Waals surface area contributed by atoms with Crippen LogP contribution in [0.25, 0.3) is 6.08 Å². The van der Waals surface area contributed by atoms with E-state index in [1.54, 1.807) is 18.5 Å². The molecule has 20 heavy (non-hydrogen) atoms. The molecule has 0 atom stereocenters. The molecule has 0 spiro atoms. The number of carbonyl (C=O) groups excluding carboxylic acids is 1. The van der Waals surface area contributed by atoms with Gasteiger partial charge in [-0.1, -0.05) is 18.2 Å². The van der Waals surface area contributed by atoms with Crippen LogP contribution >= 0.6 is 0 Å². The minimum Gasteiger partial charge on any atom is -0.399 e. The molecule has 3 N–H and O–H groups in total. The van der Waals surface area contributed by atoms with Crippen LogP contribution in [-0.4, -0.2) is 17.4 Å². The third-order valence-corrected chi connectivity index (χ3v) is 2.80. The summed E-state index contributed by atoms with van der Waals surface area (Å²) in [7, 11) is 0. The zero-order valence-electron chi connectivity index (χ0n) is 11.1. The van der Waals surface area contributed by atoms with Crippen molar-refractivity contribution in [1.29, 1.82) is 0 Å². The monoisotopic (exact) mass is 267 g/mol. The van der Waals surface area contributed by atoms with Gasteiger partial charge in [0.15, 0.2) is 0 Å². The molecule has 4 heteroatoms. The van der Waals surface area contributed by atoms with E-state index in [0.717, 1.165) is 23.2 Å². The highest BCUT2D eigenvalue weighted by Gasteiger charge is 1.96. The van der Waals surface area contributed by atoms with Crippen molar-refractivity contribution in [3.05, 3.63) is 66.0 Å². The van der Waals surface area contributed by atoms with Gasteiger partial charge in [0.05, 0.1) is 0 Å². The number of pyridine rings is 1. The van der Waals surface area contributed by atoms with Gasteiger partial charge in [-0.25, -0.2) is 0 Å². The van der Waals surface area contributed by atoms with E-state index in [1.165, 1.54) is 6.08 Å². The molecule has 2 aromatic rings. The lowest BCUT2D eigenvalue weighted by atomic mass is 10.1. The van der Waals surface area contributed by atoms with Crippen molar-refractivity contribution >= 4 is 17.7 Å². The highest BCUT2D eigenvalue weighted by atomic mass is 16.1. The van der Waals surface area contributed by atoms with Crippen molar-refractivity contribution in [2.75, 3.05) is 12.3 Å². The first-order chi connectivity index (χ1) is 9.74. The van der Waals surface area contributed by atoms with Gasteiger partial charge < -0.3 is 11.1 Å². The van der Waals surface area contributed by atoms with E-state index >= 15 is 0 Å². The summed E-state index contributed by atoms with van der Waals surface area (Å²) >= 11 is 0. The smallest absolute Gasteiger partial charge is 0.244 e. The van der Waals surface area contributed by atoms with Crippen LogP contribution in [-0.2, 0) is 11.2 Å². The molecule has 1 aromatic carbocycles. The van der Waals surface area contributed by atoms with E-state index in [1.807, 2.05) is 36.4 Å². The molecular weight excluding hydrogens is 250 g/mol. The largest absolute Gasteiger partial charge is 0.399 e. The van der Waals surface area contributed by atoms with E-state index in [-0.39, 0.29) is 5.91 Å². The van der Waals surface area contributed by atoms with E-state index in [9.17, 15) is 4.79 Å². The number of benzene rings is 1. The Bertz CT molecular complexity index is 576. The normalized spacial score (nSPS) is 10.6. The molecule has 1 heterocycles. The van der Waals surface area contributed by atoms with Gasteiger partial charge in [-0.2, -0.15) is 0 Å². The molecule has 1 aromatic heterocycles. The molecule has 0 saturated carbocycles. The topological polar surface area (TPSA) is 68.0 Å². The van der Waals surface area contributed by atoms with E-state index in [0.29, 0.717) is 6.54 Å². The summed E-state index contributed by atoms with van der Waals surface area (Å²) in [6.45, 7) is 0.597. The molecule has 102 valence electrons. The fraction of sp³-hybridized carbons (Fsp3) is 0.125. The number of rotatable bonds is 5. The number of hydrogen-bond acceptors (Lipinski definition) is 3. The van der Waals surface area contributed by atoms with Crippen LogP contribution in [0.15, 0.2) is 54.9 Å². The molecule has 0 unspecified atom stereocenters. The summed E-state index contributed by atoms with van der Waals surface area (Å²) in [5.41, 5.74) is 8.41. The second-order valence-corrected chi connectivity index (χ2v) is 4.40. The van der Waals surface area contributed by atoms with Crippen molar-refractivity contribution in [1.82, 2.24) is 10.3 Å². The molecule has 1 amide bonds. The second-order valence-electron chi connectivity index (χ2n) is 4.40. The second kappa shape index (κ2) is 7.09. The van der Waals surface area contributed by atoms with Gasteiger partial charge in [-0.05, 0) is 41.8 Å². The van der Waals surface area contributed by atoms with Crippen LogP contribution in [0.1, 0.15) is 11.1 Å². The zero-order chi connectivity index (χ0) is 14.2. The molecule has 0 saturated heterocycles. The van der Waals surface area contributed by atoms with Crippen LogP contribution in [0.2, 0.25) is 0 Å². The lowest BCUT2D eigenvalue weighted by Crippen LogP contribution is -2.23. The number of hydrogen-bond donors (Lipinski definition) is 2. The van der Waals surface area contributed by atoms with Gasteiger partial charge in [0.2, 0.25) is 5.91 Å². The lowest BCUT2D eigenvalue weighted by Gasteiger charge is -2.03. The van der Waals surface area contributed by atoms with E-state index in [2.05, 4.69) is 10.3 Å². The Morgan fingerprint density at radius 2 is 2.05 bits per heavy atom. The minimum absolute atomic E-state index is 0.107. The molecule has 0 aliphatic carbocycles. The Hall–Kier alpha value is -2.62. The summed E-state index contributed by atoms with van der Waals surface area (Å²) in [5, 5.41) is 2.84. The van der Waals surface area contributed by atoms with E-state index in [4.69, 9.17) is 5.73 Å². The quantitative estimate of drug-likeness (QED) is 0.643. The Balaban J connectivity index is 1.75. The summed E-state index contributed by atoms with van der Waals surface area (Å²) < 4.78 is 0. The van der Waals surface area contributed by atoms with Gasteiger partial charge in [0.1, 0.15) is 0 Å². The van der Waals surface area contributed by atoms with Gasteiger partial charge in [0.25, 0.3) is 0 Å². The number of nitrogen functional groups attached to an aromatic ring is 1. The SMILES string of the molecule is Nc1ccc(CCNC(=O)/C=C/c2cccnc2)cc1. The Morgan fingerprint density at radius 3 is 2.75 bits per heavy atom. The standard InChI is InChI=1S/C16H17N3O/c17-15-6-3-13(4-7-15)9-11-19-16(20)8-5-14-2-1-10-18-12-14/h1-8,10,12H,9,11,17H2,(H,19,20)/b8-5+. The number of nitrogens with two attached hydrogens (primary N) is 1.